The van der Waals surface area contributed by atoms with Crippen LogP contribution in [0.4, 0.5) is 0 Å². The first kappa shape index (κ1) is 21.4. The summed E-state index contributed by atoms with van der Waals surface area (Å²) in [6.07, 6.45) is 4.00. The van der Waals surface area contributed by atoms with Gasteiger partial charge in [-0.25, -0.2) is 4.57 Å². The summed E-state index contributed by atoms with van der Waals surface area (Å²) in [5.74, 6) is 0. The first-order chi connectivity index (χ1) is 14.1. The number of aromatic nitrogens is 1. The third kappa shape index (κ3) is 7.54. The third-order valence-electron chi connectivity index (χ3n) is 4.13. The maximum Gasteiger partial charge on any atom is 0.475 e. The van der Waals surface area contributed by atoms with Crippen LogP contribution in [0, 0.1) is 0 Å². The number of phosphoric acid groups is 1. The molecule has 0 aliphatic carbocycles. The van der Waals surface area contributed by atoms with Crippen LogP contribution in [0.25, 0.3) is 0 Å². The summed E-state index contributed by atoms with van der Waals surface area (Å²) in [6.45, 7) is 0.269. The molecule has 0 saturated carbocycles. The maximum absolute atomic E-state index is 13.2. The fraction of sp³-hybridized carbons (Fsp3) is 0.227. The van der Waals surface area contributed by atoms with E-state index >= 15 is 0 Å². The molecule has 0 bridgehead atoms. The molecule has 7 heteroatoms. The van der Waals surface area contributed by atoms with Crippen molar-refractivity contribution in [1.29, 1.82) is 0 Å². The lowest BCUT2D eigenvalue weighted by Gasteiger charge is -2.20. The number of rotatable bonds is 11. The number of phosphoric ester groups is 1. The quantitative estimate of drug-likeness (QED) is 0.467. The van der Waals surface area contributed by atoms with Crippen LogP contribution in [-0.4, -0.2) is 17.6 Å². The van der Waals surface area contributed by atoms with Gasteiger partial charge in [0.1, 0.15) is 0 Å². The number of benzene rings is 2. The van der Waals surface area contributed by atoms with Gasteiger partial charge in [0, 0.05) is 18.4 Å². The zero-order valence-corrected chi connectivity index (χ0v) is 17.0. The molecular formula is C22H25N2O4P. The van der Waals surface area contributed by atoms with E-state index in [1.165, 1.54) is 0 Å². The molecule has 0 saturated heterocycles. The fourth-order valence-electron chi connectivity index (χ4n) is 2.64. The molecule has 0 fully saturated rings. The van der Waals surface area contributed by atoms with Crippen LogP contribution in [0.2, 0.25) is 0 Å². The topological polar surface area (TPSA) is 83.7 Å². The van der Waals surface area contributed by atoms with Crippen LogP contribution in [0.15, 0.2) is 85.2 Å². The van der Waals surface area contributed by atoms with E-state index in [0.29, 0.717) is 6.42 Å². The summed E-state index contributed by atoms with van der Waals surface area (Å²) in [4.78, 5) is 4.07. The van der Waals surface area contributed by atoms with Gasteiger partial charge in [-0.2, -0.15) is 0 Å². The Kier molecular flexibility index (Phi) is 8.11. The van der Waals surface area contributed by atoms with Crippen molar-refractivity contribution in [1.82, 2.24) is 4.98 Å². The van der Waals surface area contributed by atoms with Gasteiger partial charge in [0.15, 0.2) is 0 Å². The molecule has 1 heterocycles. The second-order valence-electron chi connectivity index (χ2n) is 6.59. The summed E-state index contributed by atoms with van der Waals surface area (Å²) >= 11 is 0. The molecule has 0 unspecified atom stereocenters. The van der Waals surface area contributed by atoms with E-state index in [1.54, 1.807) is 12.4 Å². The second-order valence-corrected chi connectivity index (χ2v) is 8.26. The first-order valence-electron chi connectivity index (χ1n) is 9.39. The monoisotopic (exact) mass is 412 g/mol. The molecule has 2 N–H and O–H groups in total. The van der Waals surface area contributed by atoms with E-state index < -0.39 is 7.82 Å². The van der Waals surface area contributed by atoms with Crippen LogP contribution in [0.3, 0.4) is 0 Å². The minimum absolute atomic E-state index is 0.0375. The van der Waals surface area contributed by atoms with Crippen molar-refractivity contribution in [2.24, 2.45) is 5.73 Å². The highest BCUT2D eigenvalue weighted by molar-refractivity contribution is 7.48. The molecule has 1 aromatic heterocycles. The minimum Gasteiger partial charge on any atom is -0.325 e. The summed E-state index contributed by atoms with van der Waals surface area (Å²) in [6, 6.07) is 22.3. The van der Waals surface area contributed by atoms with Gasteiger partial charge >= 0.3 is 7.82 Å². The van der Waals surface area contributed by atoms with Crippen molar-refractivity contribution in [3.05, 3.63) is 102 Å². The molecular weight excluding hydrogens is 387 g/mol. The standard InChI is InChI=1S/C22H25N2O4P/c23-22(14-21-12-7-13-24-15-21)18-28-29(25,26-16-19-8-3-1-4-9-19)27-17-20-10-5-2-6-11-20/h1-13,15,22H,14,16-18,23H2/t22-/m1/s1. The van der Waals surface area contributed by atoms with Gasteiger partial charge in [-0.15, -0.1) is 0 Å². The molecule has 0 aliphatic rings. The number of nitrogens with two attached hydrogens (primary N) is 1. The van der Waals surface area contributed by atoms with Crippen LogP contribution >= 0.6 is 7.82 Å². The van der Waals surface area contributed by atoms with E-state index in [4.69, 9.17) is 19.3 Å². The Morgan fingerprint density at radius 1 is 0.793 bits per heavy atom. The Balaban J connectivity index is 1.60. The van der Waals surface area contributed by atoms with Crippen molar-refractivity contribution >= 4 is 7.82 Å². The van der Waals surface area contributed by atoms with Gasteiger partial charge in [0.25, 0.3) is 0 Å². The molecule has 29 heavy (non-hydrogen) atoms. The largest absolute Gasteiger partial charge is 0.475 e. The average molecular weight is 412 g/mol. The van der Waals surface area contributed by atoms with Crippen molar-refractivity contribution in [2.45, 2.75) is 25.7 Å². The highest BCUT2D eigenvalue weighted by Gasteiger charge is 2.28. The lowest BCUT2D eigenvalue weighted by atomic mass is 10.1. The van der Waals surface area contributed by atoms with Gasteiger partial charge in [-0.05, 0) is 29.2 Å². The smallest absolute Gasteiger partial charge is 0.325 e. The molecule has 6 nitrogen and oxygen atoms in total. The molecule has 152 valence electrons. The van der Waals surface area contributed by atoms with Crippen LogP contribution in [0.5, 0.6) is 0 Å². The molecule has 1 atom stereocenters. The molecule has 3 aromatic rings. The SMILES string of the molecule is N[C@@H](COP(=O)(OCc1ccccc1)OCc1ccccc1)Cc1cccnc1. The van der Waals surface area contributed by atoms with Gasteiger partial charge in [-0.3, -0.25) is 18.6 Å². The van der Waals surface area contributed by atoms with Gasteiger partial charge in [0.2, 0.25) is 0 Å². The zero-order valence-electron chi connectivity index (χ0n) is 16.1. The Labute approximate surface area is 171 Å². The Bertz CT molecular complexity index is 847. The van der Waals surface area contributed by atoms with E-state index in [-0.39, 0.29) is 25.9 Å². The Hall–Kier alpha value is -2.34. The number of hydrogen-bond acceptors (Lipinski definition) is 6. The normalized spacial score (nSPS) is 12.6. The summed E-state index contributed by atoms with van der Waals surface area (Å²) < 4.78 is 29.9. The van der Waals surface area contributed by atoms with Crippen molar-refractivity contribution in [2.75, 3.05) is 6.61 Å². The maximum atomic E-state index is 13.2. The van der Waals surface area contributed by atoms with E-state index in [9.17, 15) is 4.57 Å². The second kappa shape index (κ2) is 11.0. The van der Waals surface area contributed by atoms with E-state index in [0.717, 1.165) is 16.7 Å². The zero-order chi connectivity index (χ0) is 20.4. The van der Waals surface area contributed by atoms with Crippen molar-refractivity contribution in [3.63, 3.8) is 0 Å². The lowest BCUT2D eigenvalue weighted by molar-refractivity contribution is 0.0982. The minimum atomic E-state index is -3.80. The highest BCUT2D eigenvalue weighted by atomic mass is 31.2. The van der Waals surface area contributed by atoms with Crippen molar-refractivity contribution in [3.8, 4) is 0 Å². The average Bonchev–Trinajstić information content (AvgIpc) is 2.77. The summed E-state index contributed by atoms with van der Waals surface area (Å²) in [7, 11) is -3.80. The van der Waals surface area contributed by atoms with Gasteiger partial charge < -0.3 is 5.73 Å². The molecule has 0 aliphatic heterocycles. The van der Waals surface area contributed by atoms with Crippen molar-refractivity contribution < 1.29 is 18.1 Å². The highest BCUT2D eigenvalue weighted by Crippen LogP contribution is 2.51. The molecule has 2 aromatic carbocycles. The molecule has 3 rings (SSSR count). The van der Waals surface area contributed by atoms with Crippen LogP contribution < -0.4 is 5.73 Å². The number of pyridine rings is 1. The third-order valence-corrected chi connectivity index (χ3v) is 5.49. The molecule has 0 spiro atoms. The molecule has 0 radical (unpaired) electrons. The summed E-state index contributed by atoms with van der Waals surface area (Å²) in [5.41, 5.74) is 8.87. The lowest BCUT2D eigenvalue weighted by Crippen LogP contribution is -2.28. The van der Waals surface area contributed by atoms with E-state index in [2.05, 4.69) is 4.98 Å². The number of hydrogen-bond donors (Lipinski definition) is 1. The molecule has 0 amide bonds. The Morgan fingerprint density at radius 3 is 1.86 bits per heavy atom. The Morgan fingerprint density at radius 2 is 1.34 bits per heavy atom. The summed E-state index contributed by atoms with van der Waals surface area (Å²) in [5, 5.41) is 0. The van der Waals surface area contributed by atoms with Gasteiger partial charge in [0.05, 0.1) is 19.8 Å². The van der Waals surface area contributed by atoms with Gasteiger partial charge in [-0.1, -0.05) is 66.7 Å². The van der Waals surface area contributed by atoms with Crippen LogP contribution in [-0.2, 0) is 37.8 Å². The van der Waals surface area contributed by atoms with E-state index in [1.807, 2.05) is 72.8 Å². The predicted molar refractivity (Wildman–Crippen MR) is 112 cm³/mol. The van der Waals surface area contributed by atoms with Crippen LogP contribution in [0.1, 0.15) is 16.7 Å². The first-order valence-corrected chi connectivity index (χ1v) is 10.8. The predicted octanol–water partition coefficient (Wildman–Crippen LogP) is 4.51. The fourth-order valence-corrected chi connectivity index (χ4v) is 3.85. The number of nitrogens with zero attached hydrogens (tertiary/aromatic N) is 1.